The Morgan fingerprint density at radius 3 is 2.45 bits per heavy atom. The zero-order valence-electron chi connectivity index (χ0n) is 12.7. The number of anilines is 2. The van der Waals surface area contributed by atoms with Gasteiger partial charge >= 0.3 is 0 Å². The number of rotatable bonds is 6. The minimum absolute atomic E-state index is 0.0928. The van der Waals surface area contributed by atoms with E-state index in [1.165, 1.54) is 0 Å². The Bertz CT molecular complexity index is 642. The van der Waals surface area contributed by atoms with Crippen molar-refractivity contribution >= 4 is 33.2 Å². The summed E-state index contributed by atoms with van der Waals surface area (Å²) in [5.41, 5.74) is 2.79. The summed E-state index contributed by atoms with van der Waals surface area (Å²) in [6.07, 6.45) is 0. The number of carbonyl (C=O) groups excluding carboxylic acids is 1. The first kappa shape index (κ1) is 16.4. The molecule has 116 valence electrons. The average molecular weight is 363 g/mol. The lowest BCUT2D eigenvalue weighted by atomic mass is 10.2. The smallest absolute Gasteiger partial charge is 0.243 e. The van der Waals surface area contributed by atoms with Gasteiger partial charge < -0.3 is 15.4 Å². The fourth-order valence-electron chi connectivity index (χ4n) is 1.94. The van der Waals surface area contributed by atoms with Gasteiger partial charge in [-0.2, -0.15) is 0 Å². The fraction of sp³-hybridized carbons (Fsp3) is 0.235. The van der Waals surface area contributed by atoms with Gasteiger partial charge in [0.25, 0.3) is 0 Å². The Morgan fingerprint density at radius 1 is 1.14 bits per heavy atom. The predicted octanol–water partition coefficient (Wildman–Crippen LogP) is 4.21. The third-order valence-electron chi connectivity index (χ3n) is 3.06. The van der Waals surface area contributed by atoms with Crippen LogP contribution in [0.2, 0.25) is 0 Å². The van der Waals surface area contributed by atoms with E-state index in [1.54, 1.807) is 0 Å². The van der Waals surface area contributed by atoms with Crippen LogP contribution in [0.25, 0.3) is 0 Å². The summed E-state index contributed by atoms with van der Waals surface area (Å²) < 4.78 is 6.42. The highest BCUT2D eigenvalue weighted by molar-refractivity contribution is 9.10. The third-order valence-corrected chi connectivity index (χ3v) is 3.95. The minimum Gasteiger partial charge on any atom is -0.494 e. The molecule has 0 aliphatic rings. The molecule has 0 atom stereocenters. The van der Waals surface area contributed by atoms with Crippen LogP contribution in [-0.4, -0.2) is 19.1 Å². The highest BCUT2D eigenvalue weighted by Gasteiger charge is 2.03. The molecule has 1 amide bonds. The van der Waals surface area contributed by atoms with Crippen molar-refractivity contribution in [1.82, 2.24) is 0 Å². The van der Waals surface area contributed by atoms with Crippen molar-refractivity contribution in [2.75, 3.05) is 23.8 Å². The van der Waals surface area contributed by atoms with Gasteiger partial charge in [-0.15, -0.1) is 0 Å². The lowest BCUT2D eigenvalue weighted by Gasteiger charge is -2.10. The number of hydrogen-bond acceptors (Lipinski definition) is 3. The Morgan fingerprint density at radius 2 is 1.82 bits per heavy atom. The summed E-state index contributed by atoms with van der Waals surface area (Å²) in [6, 6.07) is 13.2. The van der Waals surface area contributed by atoms with E-state index in [2.05, 4.69) is 26.6 Å². The molecule has 0 unspecified atom stereocenters. The first-order valence-electron chi connectivity index (χ1n) is 7.11. The second-order valence-corrected chi connectivity index (χ2v) is 5.68. The first-order valence-corrected chi connectivity index (χ1v) is 7.90. The topological polar surface area (TPSA) is 50.4 Å². The third kappa shape index (κ3) is 4.77. The van der Waals surface area contributed by atoms with Crippen molar-refractivity contribution in [3.8, 4) is 5.75 Å². The molecule has 2 aromatic carbocycles. The zero-order valence-corrected chi connectivity index (χ0v) is 14.2. The molecule has 22 heavy (non-hydrogen) atoms. The Hall–Kier alpha value is -2.01. The average Bonchev–Trinajstić information content (AvgIpc) is 2.51. The highest BCUT2D eigenvalue weighted by Crippen LogP contribution is 2.20. The van der Waals surface area contributed by atoms with Crippen LogP contribution in [0.4, 0.5) is 11.4 Å². The molecule has 5 heteroatoms. The van der Waals surface area contributed by atoms with E-state index < -0.39 is 0 Å². The molecule has 2 N–H and O–H groups in total. The Labute approximate surface area is 139 Å². The van der Waals surface area contributed by atoms with Crippen molar-refractivity contribution in [1.29, 1.82) is 0 Å². The summed E-state index contributed by atoms with van der Waals surface area (Å²) >= 11 is 3.45. The molecule has 0 fully saturated rings. The first-order chi connectivity index (χ1) is 10.6. The number of halogens is 1. The van der Waals surface area contributed by atoms with Gasteiger partial charge in [0.1, 0.15) is 5.75 Å². The number of aryl methyl sites for hydroxylation is 1. The monoisotopic (exact) mass is 362 g/mol. The molecule has 0 heterocycles. The van der Waals surface area contributed by atoms with Crippen LogP contribution >= 0.6 is 15.9 Å². The summed E-state index contributed by atoms with van der Waals surface area (Å²) in [6.45, 7) is 4.79. The SMILES string of the molecule is CCOc1ccc(NC(=O)CNc2ccc(Br)c(C)c2)cc1. The van der Waals surface area contributed by atoms with Crippen LogP contribution in [0.15, 0.2) is 46.9 Å². The maximum Gasteiger partial charge on any atom is 0.243 e. The predicted molar refractivity (Wildman–Crippen MR) is 93.6 cm³/mol. The van der Waals surface area contributed by atoms with E-state index in [0.29, 0.717) is 6.61 Å². The largest absolute Gasteiger partial charge is 0.494 e. The van der Waals surface area contributed by atoms with E-state index in [9.17, 15) is 4.79 Å². The molecule has 2 aromatic rings. The molecule has 0 aliphatic carbocycles. The van der Waals surface area contributed by atoms with Gasteiger partial charge in [-0.3, -0.25) is 4.79 Å². The molecule has 0 saturated heterocycles. The summed E-state index contributed by atoms with van der Waals surface area (Å²) in [5, 5.41) is 5.95. The molecule has 0 spiro atoms. The molecule has 0 radical (unpaired) electrons. The van der Waals surface area contributed by atoms with Crippen molar-refractivity contribution in [3.05, 3.63) is 52.5 Å². The normalized spacial score (nSPS) is 10.1. The summed E-state index contributed by atoms with van der Waals surface area (Å²) in [4.78, 5) is 11.9. The molecule has 0 saturated carbocycles. The number of hydrogen-bond donors (Lipinski definition) is 2. The van der Waals surface area contributed by atoms with Crippen molar-refractivity contribution in [2.24, 2.45) is 0 Å². The molecule has 0 bridgehead atoms. The maximum atomic E-state index is 11.9. The van der Waals surface area contributed by atoms with Gasteiger partial charge in [0.05, 0.1) is 13.2 Å². The Balaban J connectivity index is 1.85. The molecular weight excluding hydrogens is 344 g/mol. The van der Waals surface area contributed by atoms with Crippen molar-refractivity contribution < 1.29 is 9.53 Å². The number of nitrogens with one attached hydrogen (secondary N) is 2. The molecule has 2 rings (SSSR count). The van der Waals surface area contributed by atoms with Gasteiger partial charge in [-0.25, -0.2) is 0 Å². The van der Waals surface area contributed by atoms with E-state index in [-0.39, 0.29) is 12.5 Å². The van der Waals surface area contributed by atoms with Crippen LogP contribution in [0.5, 0.6) is 5.75 Å². The van der Waals surface area contributed by atoms with Crippen LogP contribution in [-0.2, 0) is 4.79 Å². The molecule has 0 aromatic heterocycles. The van der Waals surface area contributed by atoms with Gasteiger partial charge in [0.2, 0.25) is 5.91 Å². The number of benzene rings is 2. The lowest BCUT2D eigenvalue weighted by molar-refractivity contribution is -0.114. The van der Waals surface area contributed by atoms with Gasteiger partial charge in [-0.1, -0.05) is 15.9 Å². The van der Waals surface area contributed by atoms with E-state index in [1.807, 2.05) is 56.3 Å². The molecule has 4 nitrogen and oxygen atoms in total. The number of amides is 1. The Kier molecular flexibility index (Phi) is 5.83. The minimum atomic E-state index is -0.0928. The maximum absolute atomic E-state index is 11.9. The van der Waals surface area contributed by atoms with E-state index in [4.69, 9.17) is 4.74 Å². The number of ether oxygens (including phenoxy) is 1. The lowest BCUT2D eigenvalue weighted by Crippen LogP contribution is -2.21. The summed E-state index contributed by atoms with van der Waals surface area (Å²) in [5.74, 6) is 0.702. The van der Waals surface area contributed by atoms with Gasteiger partial charge in [0.15, 0.2) is 0 Å². The molecular formula is C17H19BrN2O2. The van der Waals surface area contributed by atoms with Crippen LogP contribution in [0.1, 0.15) is 12.5 Å². The van der Waals surface area contributed by atoms with Gasteiger partial charge in [-0.05, 0) is 61.9 Å². The summed E-state index contributed by atoms with van der Waals surface area (Å²) in [7, 11) is 0. The van der Waals surface area contributed by atoms with Crippen LogP contribution in [0.3, 0.4) is 0 Å². The number of carbonyl (C=O) groups is 1. The van der Waals surface area contributed by atoms with Crippen molar-refractivity contribution in [3.63, 3.8) is 0 Å². The van der Waals surface area contributed by atoms with Crippen LogP contribution in [0, 0.1) is 6.92 Å². The second kappa shape index (κ2) is 7.84. The quantitative estimate of drug-likeness (QED) is 0.809. The highest BCUT2D eigenvalue weighted by atomic mass is 79.9. The molecule has 0 aliphatic heterocycles. The van der Waals surface area contributed by atoms with E-state index >= 15 is 0 Å². The van der Waals surface area contributed by atoms with Crippen molar-refractivity contribution in [2.45, 2.75) is 13.8 Å². The zero-order chi connectivity index (χ0) is 15.9. The van der Waals surface area contributed by atoms with Crippen LogP contribution < -0.4 is 15.4 Å². The fourth-order valence-corrected chi connectivity index (χ4v) is 2.19. The standard InChI is InChI=1S/C17H19BrN2O2/c1-3-22-15-7-4-13(5-8-15)20-17(21)11-19-14-6-9-16(18)12(2)10-14/h4-10,19H,3,11H2,1-2H3,(H,20,21). The van der Waals surface area contributed by atoms with Gasteiger partial charge in [0, 0.05) is 15.8 Å². The second-order valence-electron chi connectivity index (χ2n) is 4.82. The van der Waals surface area contributed by atoms with E-state index in [0.717, 1.165) is 27.2 Å².